The van der Waals surface area contributed by atoms with Crippen LogP contribution in [0.1, 0.15) is 30.6 Å². The lowest BCUT2D eigenvalue weighted by Gasteiger charge is -2.15. The summed E-state index contributed by atoms with van der Waals surface area (Å²) in [7, 11) is 0. The van der Waals surface area contributed by atoms with Gasteiger partial charge < -0.3 is 9.47 Å². The Morgan fingerprint density at radius 2 is 2.16 bits per heavy atom. The molecule has 19 heavy (non-hydrogen) atoms. The van der Waals surface area contributed by atoms with Gasteiger partial charge in [-0.2, -0.15) is 0 Å². The minimum Gasteiger partial charge on any atom is -0.492 e. The smallest absolute Gasteiger partial charge is 0.170 e. The summed E-state index contributed by atoms with van der Waals surface area (Å²) < 4.78 is 10.8. The van der Waals surface area contributed by atoms with E-state index in [1.165, 1.54) is 0 Å². The van der Waals surface area contributed by atoms with Gasteiger partial charge in [0, 0.05) is 18.2 Å². The summed E-state index contributed by atoms with van der Waals surface area (Å²) >= 11 is 12.3. The van der Waals surface area contributed by atoms with E-state index in [4.69, 9.17) is 32.7 Å². The van der Waals surface area contributed by atoms with Crippen molar-refractivity contribution < 1.29 is 14.3 Å². The predicted octanol–water partition coefficient (Wildman–Crippen LogP) is 4.00. The van der Waals surface area contributed by atoms with E-state index >= 15 is 0 Å². The fourth-order valence-corrected chi connectivity index (χ4v) is 2.72. The molecule has 2 atom stereocenters. The summed E-state index contributed by atoms with van der Waals surface area (Å²) in [5.41, 5.74) is 0.442. The predicted molar refractivity (Wildman–Crippen MR) is 75.5 cm³/mol. The molecule has 5 heteroatoms. The minimum absolute atomic E-state index is 0.0139. The maximum atomic E-state index is 12.4. The molecule has 104 valence electrons. The van der Waals surface area contributed by atoms with Gasteiger partial charge in [-0.3, -0.25) is 4.79 Å². The third-order valence-electron chi connectivity index (χ3n) is 3.30. The minimum atomic E-state index is -0.147. The SMILES string of the molecule is CCOc1cc(Cl)c(C(=O)C2CCOC2C)cc1Cl. The number of halogens is 2. The zero-order valence-electron chi connectivity index (χ0n) is 10.9. The normalized spacial score (nSPS) is 22.5. The fourth-order valence-electron chi connectivity index (χ4n) is 2.26. The molecule has 0 radical (unpaired) electrons. The Bertz CT molecular complexity index is 488. The van der Waals surface area contributed by atoms with Crippen LogP contribution in [0.3, 0.4) is 0 Å². The molecule has 1 aromatic carbocycles. The van der Waals surface area contributed by atoms with E-state index in [0.717, 1.165) is 6.42 Å². The molecule has 2 unspecified atom stereocenters. The van der Waals surface area contributed by atoms with Gasteiger partial charge in [-0.05, 0) is 26.3 Å². The number of hydrogen-bond acceptors (Lipinski definition) is 3. The first-order valence-corrected chi connectivity index (χ1v) is 7.07. The summed E-state index contributed by atoms with van der Waals surface area (Å²) in [6, 6.07) is 3.18. The van der Waals surface area contributed by atoms with Gasteiger partial charge in [0.1, 0.15) is 5.75 Å². The third-order valence-corrected chi connectivity index (χ3v) is 3.91. The van der Waals surface area contributed by atoms with Gasteiger partial charge in [-0.15, -0.1) is 0 Å². The van der Waals surface area contributed by atoms with Crippen molar-refractivity contribution in [1.29, 1.82) is 0 Å². The molecule has 1 fully saturated rings. The maximum absolute atomic E-state index is 12.4. The number of ether oxygens (including phenoxy) is 2. The van der Waals surface area contributed by atoms with Gasteiger partial charge in [0.05, 0.1) is 28.7 Å². The highest BCUT2D eigenvalue weighted by molar-refractivity contribution is 6.37. The number of benzene rings is 1. The van der Waals surface area contributed by atoms with E-state index in [9.17, 15) is 4.79 Å². The van der Waals surface area contributed by atoms with Gasteiger partial charge in [0.2, 0.25) is 0 Å². The first-order valence-electron chi connectivity index (χ1n) is 6.32. The Hall–Kier alpha value is -0.770. The second-order valence-electron chi connectivity index (χ2n) is 4.53. The van der Waals surface area contributed by atoms with E-state index in [0.29, 0.717) is 34.6 Å². The molecule has 2 rings (SSSR count). The molecule has 3 nitrogen and oxygen atoms in total. The Balaban J connectivity index is 2.29. The molecule has 0 aromatic heterocycles. The molecule has 1 aromatic rings. The second-order valence-corrected chi connectivity index (χ2v) is 5.35. The van der Waals surface area contributed by atoms with Crippen molar-refractivity contribution in [3.63, 3.8) is 0 Å². The Morgan fingerprint density at radius 1 is 1.42 bits per heavy atom. The van der Waals surface area contributed by atoms with Crippen molar-refractivity contribution >= 4 is 29.0 Å². The van der Waals surface area contributed by atoms with E-state index < -0.39 is 0 Å². The Morgan fingerprint density at radius 3 is 2.74 bits per heavy atom. The van der Waals surface area contributed by atoms with Crippen LogP contribution in [0.25, 0.3) is 0 Å². The van der Waals surface area contributed by atoms with Gasteiger partial charge in [-0.25, -0.2) is 0 Å². The van der Waals surface area contributed by atoms with Crippen LogP contribution >= 0.6 is 23.2 Å². The number of carbonyl (C=O) groups is 1. The van der Waals surface area contributed by atoms with E-state index in [1.54, 1.807) is 12.1 Å². The number of carbonyl (C=O) groups excluding carboxylic acids is 1. The molecule has 0 saturated carbocycles. The monoisotopic (exact) mass is 302 g/mol. The molecule has 0 bridgehead atoms. The molecule has 1 aliphatic heterocycles. The van der Waals surface area contributed by atoms with Crippen molar-refractivity contribution in [2.24, 2.45) is 5.92 Å². The third kappa shape index (κ3) is 3.04. The zero-order valence-corrected chi connectivity index (χ0v) is 12.4. The zero-order chi connectivity index (χ0) is 14.0. The topological polar surface area (TPSA) is 35.5 Å². The number of hydrogen-bond donors (Lipinski definition) is 0. The molecule has 1 heterocycles. The Kier molecular flexibility index (Phi) is 4.71. The van der Waals surface area contributed by atoms with Crippen molar-refractivity contribution in [1.82, 2.24) is 0 Å². The lowest BCUT2D eigenvalue weighted by molar-refractivity contribution is 0.0764. The Labute approximate surface area is 122 Å². The summed E-state index contributed by atoms with van der Waals surface area (Å²) in [4.78, 5) is 12.4. The van der Waals surface area contributed by atoms with Crippen LogP contribution in [0, 0.1) is 5.92 Å². The largest absolute Gasteiger partial charge is 0.492 e. The van der Waals surface area contributed by atoms with Crippen LogP contribution in [0.15, 0.2) is 12.1 Å². The highest BCUT2D eigenvalue weighted by atomic mass is 35.5. The van der Waals surface area contributed by atoms with Gasteiger partial charge in [-0.1, -0.05) is 23.2 Å². The summed E-state index contributed by atoms with van der Waals surface area (Å²) in [5, 5.41) is 0.776. The maximum Gasteiger partial charge on any atom is 0.170 e. The molecular formula is C14H16Cl2O3. The highest BCUT2D eigenvalue weighted by Gasteiger charge is 2.32. The van der Waals surface area contributed by atoms with Crippen molar-refractivity contribution in [3.05, 3.63) is 27.7 Å². The van der Waals surface area contributed by atoms with Crippen LogP contribution in [-0.4, -0.2) is 25.1 Å². The van der Waals surface area contributed by atoms with Crippen LogP contribution in [0.2, 0.25) is 10.0 Å². The highest BCUT2D eigenvalue weighted by Crippen LogP contribution is 2.34. The van der Waals surface area contributed by atoms with Crippen LogP contribution in [0.4, 0.5) is 0 Å². The fraction of sp³-hybridized carbons (Fsp3) is 0.500. The summed E-state index contributed by atoms with van der Waals surface area (Å²) in [5.74, 6) is 0.341. The van der Waals surface area contributed by atoms with Crippen molar-refractivity contribution in [2.45, 2.75) is 26.4 Å². The first kappa shape index (κ1) is 14.6. The van der Waals surface area contributed by atoms with Gasteiger partial charge >= 0.3 is 0 Å². The summed E-state index contributed by atoms with van der Waals surface area (Å²) in [6.07, 6.45) is 0.648. The van der Waals surface area contributed by atoms with E-state index in [1.807, 2.05) is 13.8 Å². The van der Waals surface area contributed by atoms with Crippen LogP contribution in [0.5, 0.6) is 5.75 Å². The lowest BCUT2D eigenvalue weighted by atomic mass is 9.92. The van der Waals surface area contributed by atoms with E-state index in [-0.39, 0.29) is 17.8 Å². The molecule has 0 N–H and O–H groups in total. The number of rotatable bonds is 4. The molecule has 1 saturated heterocycles. The molecule has 0 amide bonds. The summed E-state index contributed by atoms with van der Waals surface area (Å²) in [6.45, 7) is 4.87. The van der Waals surface area contributed by atoms with Crippen molar-refractivity contribution in [2.75, 3.05) is 13.2 Å². The number of Topliss-reactive ketones (excluding diaryl/α,β-unsaturated/α-hetero) is 1. The van der Waals surface area contributed by atoms with E-state index in [2.05, 4.69) is 0 Å². The lowest BCUT2D eigenvalue weighted by Crippen LogP contribution is -2.22. The molecule has 0 aliphatic carbocycles. The van der Waals surface area contributed by atoms with Crippen LogP contribution in [-0.2, 0) is 4.74 Å². The average Bonchev–Trinajstić information content (AvgIpc) is 2.79. The average molecular weight is 303 g/mol. The van der Waals surface area contributed by atoms with Gasteiger partial charge in [0.25, 0.3) is 0 Å². The van der Waals surface area contributed by atoms with Gasteiger partial charge in [0.15, 0.2) is 5.78 Å². The van der Waals surface area contributed by atoms with Crippen molar-refractivity contribution in [3.8, 4) is 5.75 Å². The first-order chi connectivity index (χ1) is 9.04. The molecular weight excluding hydrogens is 287 g/mol. The molecule has 1 aliphatic rings. The molecule has 0 spiro atoms. The van der Waals surface area contributed by atoms with Crippen LogP contribution < -0.4 is 4.74 Å². The number of ketones is 1. The standard InChI is InChI=1S/C14H16Cl2O3/c1-3-18-13-7-11(15)10(6-12(13)16)14(17)9-4-5-19-8(9)2/h6-9H,3-5H2,1-2H3. The quantitative estimate of drug-likeness (QED) is 0.789. The second kappa shape index (κ2) is 6.12.